The minimum Gasteiger partial charge on any atom is -0.437 e. The van der Waals surface area contributed by atoms with Gasteiger partial charge in [-0.2, -0.15) is 0 Å². The number of aromatic nitrogens is 1. The molecule has 0 bridgehead atoms. The molecule has 0 spiro atoms. The highest BCUT2D eigenvalue weighted by Crippen LogP contribution is 2.32. The second kappa shape index (κ2) is 9.34. The predicted octanol–water partition coefficient (Wildman–Crippen LogP) is 6.82. The number of allylic oxidation sites excluding steroid dienone is 1. The Morgan fingerprint density at radius 3 is 2.54 bits per heavy atom. The van der Waals surface area contributed by atoms with Gasteiger partial charge in [-0.15, -0.1) is 0 Å². The molecule has 1 aromatic heterocycles. The van der Waals surface area contributed by atoms with E-state index in [1.54, 1.807) is 19.2 Å². The summed E-state index contributed by atoms with van der Waals surface area (Å²) in [6.07, 6.45) is 6.26. The topological polar surface area (TPSA) is 39.2 Å². The number of rotatable bonds is 7. The van der Waals surface area contributed by atoms with Gasteiger partial charge in [-0.1, -0.05) is 67.1 Å². The van der Waals surface area contributed by atoms with Crippen LogP contribution in [0, 0.1) is 5.92 Å². The van der Waals surface area contributed by atoms with Crippen molar-refractivity contribution in [1.29, 1.82) is 0 Å². The van der Waals surface area contributed by atoms with Crippen molar-refractivity contribution in [2.45, 2.75) is 20.3 Å². The number of ketones is 1. The van der Waals surface area contributed by atoms with E-state index in [0.717, 1.165) is 16.7 Å². The highest BCUT2D eigenvalue weighted by atomic mass is 35.5. The number of hydrogen-bond donors (Lipinski definition) is 0. The zero-order chi connectivity index (χ0) is 19.9. The molecule has 3 nitrogen and oxygen atoms in total. The molecule has 0 unspecified atom stereocenters. The second-order valence-electron chi connectivity index (χ2n) is 6.79. The molecule has 0 aliphatic carbocycles. The zero-order valence-corrected chi connectivity index (χ0v) is 16.7. The summed E-state index contributed by atoms with van der Waals surface area (Å²) in [6.45, 7) is 3.62. The summed E-state index contributed by atoms with van der Waals surface area (Å²) in [6, 6.07) is 19.5. The number of benzene rings is 2. The van der Waals surface area contributed by atoms with E-state index < -0.39 is 0 Å². The summed E-state index contributed by atoms with van der Waals surface area (Å²) in [5.74, 6) is 1.43. The molecule has 0 aliphatic rings. The minimum atomic E-state index is 0.189. The Balaban J connectivity index is 1.67. The first kappa shape index (κ1) is 19.8. The van der Waals surface area contributed by atoms with Gasteiger partial charge < -0.3 is 9.53 Å². The molecule has 28 heavy (non-hydrogen) atoms. The smallest absolute Gasteiger partial charge is 0.219 e. The van der Waals surface area contributed by atoms with Crippen LogP contribution in [0.5, 0.6) is 11.6 Å². The first-order valence-electron chi connectivity index (χ1n) is 9.18. The van der Waals surface area contributed by atoms with E-state index in [1.807, 2.05) is 73.7 Å². The third kappa shape index (κ3) is 5.54. The Hall–Kier alpha value is -2.91. The van der Waals surface area contributed by atoms with Crippen LogP contribution in [-0.4, -0.2) is 10.8 Å². The Labute approximate surface area is 170 Å². The number of halogens is 1. The van der Waals surface area contributed by atoms with Crippen LogP contribution >= 0.6 is 11.6 Å². The number of carbonyl (C=O) groups is 1. The standard InChI is InChI=1S/C24H22ClNO2/c1-17(14-18(2)27)8-9-19-10-13-24(26-16-19)28-23-12-11-21(15-22(23)25)20-6-4-3-5-7-20/h3-13,15-17H,14H2,1-2H3/b9-8+/t17-/m0/s1. The number of ether oxygens (including phenoxy) is 1. The van der Waals surface area contributed by atoms with Gasteiger partial charge in [0.1, 0.15) is 11.5 Å². The van der Waals surface area contributed by atoms with E-state index in [4.69, 9.17) is 16.3 Å². The van der Waals surface area contributed by atoms with Crippen LogP contribution in [0.4, 0.5) is 0 Å². The monoisotopic (exact) mass is 391 g/mol. The number of carbonyl (C=O) groups excluding carboxylic acids is 1. The lowest BCUT2D eigenvalue weighted by molar-refractivity contribution is -0.117. The summed E-state index contributed by atoms with van der Waals surface area (Å²) < 4.78 is 5.82. The van der Waals surface area contributed by atoms with Crippen LogP contribution in [0.2, 0.25) is 5.02 Å². The van der Waals surface area contributed by atoms with Crippen molar-refractivity contribution < 1.29 is 9.53 Å². The molecule has 1 atom stereocenters. The molecule has 0 aliphatic heterocycles. The first-order valence-corrected chi connectivity index (χ1v) is 9.55. The first-order chi connectivity index (χ1) is 13.5. The highest BCUT2D eigenvalue weighted by Gasteiger charge is 2.07. The van der Waals surface area contributed by atoms with Crippen molar-refractivity contribution in [2.75, 3.05) is 0 Å². The minimum absolute atomic E-state index is 0.189. The SMILES string of the molecule is CC(=O)C[C@@H](C)/C=C/c1ccc(Oc2ccc(-c3ccccc3)cc2Cl)nc1. The van der Waals surface area contributed by atoms with Crippen LogP contribution in [0.15, 0.2) is 72.9 Å². The third-order valence-corrected chi connectivity index (χ3v) is 4.53. The van der Waals surface area contributed by atoms with Crippen molar-refractivity contribution in [3.05, 3.63) is 83.5 Å². The van der Waals surface area contributed by atoms with Gasteiger partial charge in [0.15, 0.2) is 0 Å². The molecule has 1 heterocycles. The van der Waals surface area contributed by atoms with Gasteiger partial charge in [-0.25, -0.2) is 4.98 Å². The fourth-order valence-corrected chi connectivity index (χ4v) is 3.07. The Morgan fingerprint density at radius 1 is 1.11 bits per heavy atom. The van der Waals surface area contributed by atoms with E-state index in [9.17, 15) is 4.79 Å². The lowest BCUT2D eigenvalue weighted by atomic mass is 10.0. The average molecular weight is 392 g/mol. The molecule has 0 fully saturated rings. The normalized spacial score (nSPS) is 12.1. The third-order valence-electron chi connectivity index (χ3n) is 4.24. The Kier molecular flexibility index (Phi) is 6.62. The summed E-state index contributed by atoms with van der Waals surface area (Å²) in [5.41, 5.74) is 3.09. The number of hydrogen-bond acceptors (Lipinski definition) is 3. The molecule has 0 saturated carbocycles. The molecule has 0 amide bonds. The maximum absolute atomic E-state index is 11.1. The summed E-state index contributed by atoms with van der Waals surface area (Å²) >= 11 is 6.40. The van der Waals surface area contributed by atoms with Crippen molar-refractivity contribution in [3.63, 3.8) is 0 Å². The van der Waals surface area contributed by atoms with Crippen molar-refractivity contribution >= 4 is 23.5 Å². The summed E-state index contributed by atoms with van der Waals surface area (Å²) in [5, 5.41) is 0.533. The van der Waals surface area contributed by atoms with Gasteiger partial charge in [0, 0.05) is 18.7 Å². The van der Waals surface area contributed by atoms with E-state index in [0.29, 0.717) is 23.1 Å². The van der Waals surface area contributed by atoms with Crippen LogP contribution in [0.3, 0.4) is 0 Å². The summed E-state index contributed by atoms with van der Waals surface area (Å²) in [7, 11) is 0. The number of nitrogens with zero attached hydrogens (tertiary/aromatic N) is 1. The fourth-order valence-electron chi connectivity index (χ4n) is 2.85. The zero-order valence-electron chi connectivity index (χ0n) is 15.9. The van der Waals surface area contributed by atoms with Crippen LogP contribution in [0.1, 0.15) is 25.8 Å². The van der Waals surface area contributed by atoms with Crippen LogP contribution in [0.25, 0.3) is 17.2 Å². The summed E-state index contributed by atoms with van der Waals surface area (Å²) in [4.78, 5) is 15.5. The van der Waals surface area contributed by atoms with E-state index in [2.05, 4.69) is 4.98 Å². The average Bonchev–Trinajstić information content (AvgIpc) is 2.69. The van der Waals surface area contributed by atoms with Crippen LogP contribution in [-0.2, 0) is 4.79 Å². The molecule has 2 aromatic carbocycles. The largest absolute Gasteiger partial charge is 0.437 e. The highest BCUT2D eigenvalue weighted by molar-refractivity contribution is 6.32. The van der Waals surface area contributed by atoms with Crippen LogP contribution < -0.4 is 4.74 Å². The maximum atomic E-state index is 11.1. The van der Waals surface area contributed by atoms with Gasteiger partial charge >= 0.3 is 0 Å². The molecule has 4 heteroatoms. The quantitative estimate of drug-likeness (QED) is 0.443. The molecular formula is C24H22ClNO2. The van der Waals surface area contributed by atoms with Gasteiger partial charge in [0.05, 0.1) is 5.02 Å². The molecule has 0 radical (unpaired) electrons. The van der Waals surface area contributed by atoms with Crippen molar-refractivity contribution in [1.82, 2.24) is 4.98 Å². The van der Waals surface area contributed by atoms with Gasteiger partial charge in [-0.05, 0) is 47.7 Å². The number of pyridine rings is 1. The molecule has 142 valence electrons. The van der Waals surface area contributed by atoms with E-state index in [1.165, 1.54) is 0 Å². The van der Waals surface area contributed by atoms with Crippen molar-refractivity contribution in [2.24, 2.45) is 5.92 Å². The van der Waals surface area contributed by atoms with Gasteiger partial charge in [0.2, 0.25) is 5.88 Å². The van der Waals surface area contributed by atoms with Crippen molar-refractivity contribution in [3.8, 4) is 22.8 Å². The van der Waals surface area contributed by atoms with Gasteiger partial charge in [-0.3, -0.25) is 0 Å². The molecule has 3 rings (SSSR count). The Morgan fingerprint density at radius 2 is 1.89 bits per heavy atom. The van der Waals surface area contributed by atoms with Gasteiger partial charge in [0.25, 0.3) is 0 Å². The fraction of sp³-hybridized carbons (Fsp3) is 0.167. The molecule has 0 N–H and O–H groups in total. The Bertz CT molecular complexity index is 966. The van der Waals surface area contributed by atoms with E-state index >= 15 is 0 Å². The molecule has 0 saturated heterocycles. The second-order valence-corrected chi connectivity index (χ2v) is 7.19. The van der Waals surface area contributed by atoms with E-state index in [-0.39, 0.29) is 11.7 Å². The number of Topliss-reactive ketones (excluding diaryl/α,β-unsaturated/α-hetero) is 1. The maximum Gasteiger partial charge on any atom is 0.219 e. The molecule has 3 aromatic rings. The lowest BCUT2D eigenvalue weighted by Crippen LogP contribution is -1.97. The predicted molar refractivity (Wildman–Crippen MR) is 115 cm³/mol. The molecular weight excluding hydrogens is 370 g/mol. The lowest BCUT2D eigenvalue weighted by Gasteiger charge is -2.09.